The molecule has 5 nitrogen and oxygen atoms in total. The maximum absolute atomic E-state index is 9.28. The second kappa shape index (κ2) is 4.40. The SMILES string of the molecule is CCc1nc(-c2ccc(O)cn2)n(C(C)(C)C)n1. The van der Waals surface area contributed by atoms with Crippen LogP contribution in [0.2, 0.25) is 0 Å². The van der Waals surface area contributed by atoms with E-state index in [1.807, 2.05) is 11.6 Å². The first-order valence-corrected chi connectivity index (χ1v) is 6.03. The minimum Gasteiger partial charge on any atom is -0.506 e. The zero-order valence-electron chi connectivity index (χ0n) is 11.2. The maximum Gasteiger partial charge on any atom is 0.177 e. The van der Waals surface area contributed by atoms with E-state index in [-0.39, 0.29) is 11.3 Å². The lowest BCUT2D eigenvalue weighted by molar-refractivity contribution is 0.357. The topological polar surface area (TPSA) is 63.8 Å². The van der Waals surface area contributed by atoms with Crippen molar-refractivity contribution in [1.29, 1.82) is 0 Å². The van der Waals surface area contributed by atoms with Gasteiger partial charge in [0.2, 0.25) is 0 Å². The van der Waals surface area contributed by atoms with Crippen LogP contribution in [0.15, 0.2) is 18.3 Å². The van der Waals surface area contributed by atoms with Crippen LogP contribution in [0.1, 0.15) is 33.5 Å². The van der Waals surface area contributed by atoms with Gasteiger partial charge in [-0.05, 0) is 32.9 Å². The highest BCUT2D eigenvalue weighted by atomic mass is 16.3. The van der Waals surface area contributed by atoms with Crippen LogP contribution >= 0.6 is 0 Å². The van der Waals surface area contributed by atoms with E-state index in [0.29, 0.717) is 0 Å². The van der Waals surface area contributed by atoms with Crippen molar-refractivity contribution in [2.45, 2.75) is 39.7 Å². The van der Waals surface area contributed by atoms with Crippen LogP contribution in [0.3, 0.4) is 0 Å². The van der Waals surface area contributed by atoms with Crippen molar-refractivity contribution in [2.24, 2.45) is 0 Å². The lowest BCUT2D eigenvalue weighted by atomic mass is 10.1. The summed E-state index contributed by atoms with van der Waals surface area (Å²) in [5.41, 5.74) is 0.560. The average Bonchev–Trinajstić information content (AvgIpc) is 2.74. The summed E-state index contributed by atoms with van der Waals surface area (Å²) in [6, 6.07) is 3.36. The van der Waals surface area contributed by atoms with E-state index in [9.17, 15) is 5.11 Å². The highest BCUT2D eigenvalue weighted by Crippen LogP contribution is 2.23. The van der Waals surface area contributed by atoms with Gasteiger partial charge in [-0.2, -0.15) is 5.10 Å². The quantitative estimate of drug-likeness (QED) is 0.883. The van der Waals surface area contributed by atoms with Gasteiger partial charge in [0.1, 0.15) is 11.4 Å². The second-order valence-electron chi connectivity index (χ2n) is 5.19. The van der Waals surface area contributed by atoms with Gasteiger partial charge in [0.05, 0.1) is 11.7 Å². The van der Waals surface area contributed by atoms with Crippen LogP contribution < -0.4 is 0 Å². The molecule has 2 aromatic rings. The molecular formula is C13H18N4O. The number of nitrogens with zero attached hydrogens (tertiary/aromatic N) is 4. The highest BCUT2D eigenvalue weighted by Gasteiger charge is 2.22. The summed E-state index contributed by atoms with van der Waals surface area (Å²) in [5.74, 6) is 1.69. The molecule has 0 saturated heterocycles. The largest absolute Gasteiger partial charge is 0.506 e. The summed E-state index contributed by atoms with van der Waals surface area (Å²) in [7, 11) is 0. The molecule has 0 bridgehead atoms. The first-order chi connectivity index (χ1) is 8.41. The van der Waals surface area contributed by atoms with Gasteiger partial charge in [-0.3, -0.25) is 0 Å². The number of aromatic nitrogens is 4. The molecule has 0 aliphatic rings. The first kappa shape index (κ1) is 12.5. The Kier molecular flexibility index (Phi) is 3.07. The van der Waals surface area contributed by atoms with Crippen molar-refractivity contribution in [2.75, 3.05) is 0 Å². The molecule has 0 fully saturated rings. The smallest absolute Gasteiger partial charge is 0.177 e. The van der Waals surface area contributed by atoms with Gasteiger partial charge in [0.25, 0.3) is 0 Å². The molecule has 0 atom stereocenters. The van der Waals surface area contributed by atoms with E-state index in [4.69, 9.17) is 0 Å². The lowest BCUT2D eigenvalue weighted by Crippen LogP contribution is -2.24. The molecule has 0 aliphatic heterocycles. The number of aryl methyl sites for hydroxylation is 1. The fraction of sp³-hybridized carbons (Fsp3) is 0.462. The molecule has 96 valence electrons. The van der Waals surface area contributed by atoms with Crippen LogP contribution in [0.4, 0.5) is 0 Å². The van der Waals surface area contributed by atoms with Crippen LogP contribution in [0.5, 0.6) is 5.75 Å². The number of hydrogen-bond donors (Lipinski definition) is 1. The van der Waals surface area contributed by atoms with Crippen molar-refractivity contribution < 1.29 is 5.11 Å². The van der Waals surface area contributed by atoms with Crippen LogP contribution in [0.25, 0.3) is 11.5 Å². The summed E-state index contributed by atoms with van der Waals surface area (Å²) in [6.07, 6.45) is 2.21. The van der Waals surface area contributed by atoms with Crippen molar-refractivity contribution in [1.82, 2.24) is 19.7 Å². The van der Waals surface area contributed by atoms with Crippen LogP contribution in [-0.2, 0) is 12.0 Å². The van der Waals surface area contributed by atoms with Gasteiger partial charge in [-0.1, -0.05) is 6.92 Å². The molecular weight excluding hydrogens is 228 g/mol. The Bertz CT molecular complexity index is 537. The molecule has 0 saturated carbocycles. The Morgan fingerprint density at radius 2 is 2.00 bits per heavy atom. The average molecular weight is 246 g/mol. The van der Waals surface area contributed by atoms with E-state index < -0.39 is 0 Å². The van der Waals surface area contributed by atoms with Crippen molar-refractivity contribution in [3.05, 3.63) is 24.2 Å². The fourth-order valence-corrected chi connectivity index (χ4v) is 1.66. The Balaban J connectivity index is 2.55. The van der Waals surface area contributed by atoms with Crippen molar-refractivity contribution in [3.63, 3.8) is 0 Å². The zero-order chi connectivity index (χ0) is 13.3. The Hall–Kier alpha value is -1.91. The molecule has 5 heteroatoms. The third kappa shape index (κ3) is 2.34. The van der Waals surface area contributed by atoms with Gasteiger partial charge < -0.3 is 5.11 Å². The lowest BCUT2D eigenvalue weighted by Gasteiger charge is -2.20. The number of hydrogen-bond acceptors (Lipinski definition) is 4. The summed E-state index contributed by atoms with van der Waals surface area (Å²) < 4.78 is 1.88. The minimum atomic E-state index is -0.157. The zero-order valence-corrected chi connectivity index (χ0v) is 11.2. The summed E-state index contributed by atoms with van der Waals surface area (Å²) in [5, 5.41) is 13.8. The first-order valence-electron chi connectivity index (χ1n) is 6.03. The molecule has 2 aromatic heterocycles. The Morgan fingerprint density at radius 1 is 1.28 bits per heavy atom. The molecule has 2 rings (SSSR count). The normalized spacial score (nSPS) is 11.8. The van der Waals surface area contributed by atoms with E-state index in [2.05, 4.69) is 35.8 Å². The fourth-order valence-electron chi connectivity index (χ4n) is 1.66. The molecule has 2 heterocycles. The molecule has 18 heavy (non-hydrogen) atoms. The Morgan fingerprint density at radius 3 is 2.50 bits per heavy atom. The number of aromatic hydroxyl groups is 1. The van der Waals surface area contributed by atoms with E-state index in [1.165, 1.54) is 6.20 Å². The maximum atomic E-state index is 9.28. The third-order valence-electron chi connectivity index (χ3n) is 2.58. The van der Waals surface area contributed by atoms with E-state index in [1.54, 1.807) is 12.1 Å². The van der Waals surface area contributed by atoms with Gasteiger partial charge in [0.15, 0.2) is 11.6 Å². The minimum absolute atomic E-state index is 0.149. The molecule has 0 radical (unpaired) electrons. The van der Waals surface area contributed by atoms with Gasteiger partial charge in [-0.15, -0.1) is 0 Å². The second-order valence-corrected chi connectivity index (χ2v) is 5.19. The van der Waals surface area contributed by atoms with Crippen LogP contribution in [-0.4, -0.2) is 24.9 Å². The molecule has 0 spiro atoms. The van der Waals surface area contributed by atoms with Gasteiger partial charge in [0, 0.05) is 6.42 Å². The van der Waals surface area contributed by atoms with Crippen molar-refractivity contribution >= 4 is 0 Å². The van der Waals surface area contributed by atoms with E-state index in [0.717, 1.165) is 23.8 Å². The summed E-state index contributed by atoms with van der Waals surface area (Å²) >= 11 is 0. The predicted octanol–water partition coefficient (Wildman–Crippen LogP) is 2.36. The predicted molar refractivity (Wildman–Crippen MR) is 69.3 cm³/mol. The molecule has 0 aliphatic carbocycles. The monoisotopic (exact) mass is 246 g/mol. The standard InChI is InChI=1S/C13H18N4O/c1-5-11-15-12(17(16-11)13(2,3)4)10-7-6-9(18)8-14-10/h6-8,18H,5H2,1-4H3. The van der Waals surface area contributed by atoms with E-state index >= 15 is 0 Å². The number of pyridine rings is 1. The van der Waals surface area contributed by atoms with Crippen LogP contribution in [0, 0.1) is 0 Å². The van der Waals surface area contributed by atoms with Gasteiger partial charge >= 0.3 is 0 Å². The molecule has 0 unspecified atom stereocenters. The molecule has 0 amide bonds. The van der Waals surface area contributed by atoms with Gasteiger partial charge in [-0.25, -0.2) is 14.6 Å². The Labute approximate surface area is 107 Å². The summed E-state index contributed by atoms with van der Waals surface area (Å²) in [6.45, 7) is 8.25. The molecule has 0 aromatic carbocycles. The highest BCUT2D eigenvalue weighted by molar-refractivity contribution is 5.50. The van der Waals surface area contributed by atoms with Crippen molar-refractivity contribution in [3.8, 4) is 17.3 Å². The third-order valence-corrected chi connectivity index (χ3v) is 2.58. The summed E-state index contributed by atoms with van der Waals surface area (Å²) in [4.78, 5) is 8.70. The molecule has 1 N–H and O–H groups in total. The number of rotatable bonds is 2.